The normalized spacial score (nSPS) is 11.8. The number of rotatable bonds is 5. The molecule has 3 nitrogen and oxygen atoms in total. The van der Waals surface area contributed by atoms with Gasteiger partial charge in [0.2, 0.25) is 5.90 Å². The highest BCUT2D eigenvalue weighted by Gasteiger charge is 2.13. The number of pyridine rings is 1. The Bertz CT molecular complexity index is 640. The highest BCUT2D eigenvalue weighted by Crippen LogP contribution is 2.29. The topological polar surface area (TPSA) is 34.5 Å². The summed E-state index contributed by atoms with van der Waals surface area (Å²) in [6.45, 7) is 4.18. The lowest BCUT2D eigenvalue weighted by molar-refractivity contribution is 0.180. The monoisotopic (exact) mass is 336 g/mol. The van der Waals surface area contributed by atoms with Crippen molar-refractivity contribution in [2.45, 2.75) is 32.8 Å². The highest BCUT2D eigenvalue weighted by atomic mass is 35.5. The van der Waals surface area contributed by atoms with Gasteiger partial charge in [0.25, 0.3) is 0 Å². The summed E-state index contributed by atoms with van der Waals surface area (Å²) in [7, 11) is 0. The molecule has 116 valence electrons. The van der Waals surface area contributed by atoms with Crippen molar-refractivity contribution in [1.29, 1.82) is 0 Å². The molecule has 0 amide bonds. The Morgan fingerprint density at radius 3 is 2.59 bits per heavy atom. The van der Waals surface area contributed by atoms with Gasteiger partial charge < -0.3 is 4.74 Å². The predicted molar refractivity (Wildman–Crippen MR) is 92.4 cm³/mol. The molecule has 0 unspecified atom stereocenters. The Kier molecular flexibility index (Phi) is 6.22. The second-order valence-corrected chi connectivity index (χ2v) is 5.65. The van der Waals surface area contributed by atoms with Crippen LogP contribution in [0.3, 0.4) is 0 Å². The zero-order valence-corrected chi connectivity index (χ0v) is 14.1. The van der Waals surface area contributed by atoms with Gasteiger partial charge in [0.1, 0.15) is 0 Å². The zero-order valence-electron chi connectivity index (χ0n) is 12.6. The number of aliphatic imine (C=N–C) groups is 1. The van der Waals surface area contributed by atoms with Gasteiger partial charge in [0, 0.05) is 17.4 Å². The number of hydrogen-bond donors (Lipinski definition) is 0. The van der Waals surface area contributed by atoms with Crippen LogP contribution in [-0.2, 0) is 4.74 Å². The molecule has 0 aliphatic carbocycles. The first-order valence-electron chi connectivity index (χ1n) is 7.24. The van der Waals surface area contributed by atoms with Crippen LogP contribution < -0.4 is 0 Å². The Morgan fingerprint density at radius 2 is 2.00 bits per heavy atom. The molecule has 1 aromatic carbocycles. The first-order valence-corrected chi connectivity index (χ1v) is 8.00. The van der Waals surface area contributed by atoms with E-state index in [9.17, 15) is 0 Å². The van der Waals surface area contributed by atoms with E-state index in [4.69, 9.17) is 27.9 Å². The van der Waals surface area contributed by atoms with Crippen LogP contribution in [0, 0.1) is 0 Å². The summed E-state index contributed by atoms with van der Waals surface area (Å²) in [5.41, 5.74) is 1.44. The maximum Gasteiger partial charge on any atom is 0.223 e. The van der Waals surface area contributed by atoms with Gasteiger partial charge in [0.15, 0.2) is 0 Å². The van der Waals surface area contributed by atoms with Crippen LogP contribution >= 0.6 is 23.2 Å². The lowest BCUT2D eigenvalue weighted by Gasteiger charge is -2.17. The van der Waals surface area contributed by atoms with Crippen molar-refractivity contribution < 1.29 is 4.74 Å². The summed E-state index contributed by atoms with van der Waals surface area (Å²) in [6, 6.07) is 8.96. The van der Waals surface area contributed by atoms with E-state index >= 15 is 0 Å². The number of halogens is 2. The molecule has 0 radical (unpaired) electrons. The predicted octanol–water partition coefficient (Wildman–Crippen LogP) is 5.67. The van der Waals surface area contributed by atoms with E-state index in [1.54, 1.807) is 30.6 Å². The zero-order chi connectivity index (χ0) is 15.9. The van der Waals surface area contributed by atoms with Crippen molar-refractivity contribution in [3.8, 4) is 0 Å². The first-order chi connectivity index (χ1) is 10.6. The second-order valence-electron chi connectivity index (χ2n) is 4.81. The van der Waals surface area contributed by atoms with E-state index in [2.05, 4.69) is 23.8 Å². The Labute approximate surface area is 141 Å². The molecule has 0 spiro atoms. The Morgan fingerprint density at radius 1 is 1.23 bits per heavy atom. The minimum Gasteiger partial charge on any atom is -0.474 e. The molecule has 2 aromatic rings. The third-order valence-electron chi connectivity index (χ3n) is 3.23. The molecule has 0 atom stereocenters. The molecule has 1 aromatic heterocycles. The van der Waals surface area contributed by atoms with E-state index < -0.39 is 0 Å². The van der Waals surface area contributed by atoms with Crippen LogP contribution in [0.15, 0.2) is 47.7 Å². The minimum absolute atomic E-state index is 0.102. The molecular formula is C17H18Cl2N2O. The summed E-state index contributed by atoms with van der Waals surface area (Å²) < 4.78 is 6.04. The fraction of sp³-hybridized carbons (Fsp3) is 0.294. The van der Waals surface area contributed by atoms with E-state index in [1.807, 2.05) is 12.1 Å². The van der Waals surface area contributed by atoms with Gasteiger partial charge in [-0.3, -0.25) is 4.98 Å². The van der Waals surface area contributed by atoms with Gasteiger partial charge in [-0.25, -0.2) is 4.99 Å². The van der Waals surface area contributed by atoms with Crippen molar-refractivity contribution in [3.63, 3.8) is 0 Å². The van der Waals surface area contributed by atoms with Crippen molar-refractivity contribution in [3.05, 3.63) is 58.3 Å². The van der Waals surface area contributed by atoms with Crippen LogP contribution in [0.1, 0.15) is 32.3 Å². The summed E-state index contributed by atoms with van der Waals surface area (Å²) in [5, 5.41) is 1.06. The van der Waals surface area contributed by atoms with Crippen molar-refractivity contribution in [1.82, 2.24) is 4.98 Å². The van der Waals surface area contributed by atoms with Crippen LogP contribution in [0.5, 0.6) is 0 Å². The van der Waals surface area contributed by atoms with Crippen LogP contribution in [0.2, 0.25) is 10.0 Å². The summed E-state index contributed by atoms with van der Waals surface area (Å²) >= 11 is 12.1. The molecule has 1 heterocycles. The SMILES string of the molecule is CCC(CC)OC(=Nc1ccc(Cl)cc1Cl)c1cccnc1. The first kappa shape index (κ1) is 16.8. The molecule has 2 rings (SSSR count). The summed E-state index contributed by atoms with van der Waals surface area (Å²) in [4.78, 5) is 8.70. The molecule has 0 bridgehead atoms. The minimum atomic E-state index is 0.102. The number of benzene rings is 1. The van der Waals surface area contributed by atoms with Crippen LogP contribution in [0.4, 0.5) is 5.69 Å². The van der Waals surface area contributed by atoms with Gasteiger partial charge in [-0.15, -0.1) is 0 Å². The van der Waals surface area contributed by atoms with E-state index in [-0.39, 0.29) is 6.10 Å². The quantitative estimate of drug-likeness (QED) is 0.520. The average Bonchev–Trinajstić information content (AvgIpc) is 2.54. The van der Waals surface area contributed by atoms with Crippen LogP contribution in [-0.4, -0.2) is 17.0 Å². The molecule has 0 saturated heterocycles. The fourth-order valence-electron chi connectivity index (χ4n) is 1.94. The number of aromatic nitrogens is 1. The average molecular weight is 337 g/mol. The third kappa shape index (κ3) is 4.46. The van der Waals surface area contributed by atoms with Gasteiger partial charge in [0.05, 0.1) is 22.4 Å². The smallest absolute Gasteiger partial charge is 0.223 e. The molecule has 0 N–H and O–H groups in total. The fourth-order valence-corrected chi connectivity index (χ4v) is 2.39. The molecule has 0 fully saturated rings. The lowest BCUT2D eigenvalue weighted by Crippen LogP contribution is -2.17. The molecule has 0 saturated carbocycles. The highest BCUT2D eigenvalue weighted by molar-refractivity contribution is 6.36. The van der Waals surface area contributed by atoms with Crippen molar-refractivity contribution in [2.24, 2.45) is 4.99 Å². The molecule has 0 aliphatic rings. The van der Waals surface area contributed by atoms with Gasteiger partial charge >= 0.3 is 0 Å². The summed E-state index contributed by atoms with van der Waals surface area (Å²) in [6.07, 6.45) is 5.36. The van der Waals surface area contributed by atoms with E-state index in [1.165, 1.54) is 0 Å². The maximum atomic E-state index is 6.20. The van der Waals surface area contributed by atoms with Gasteiger partial charge in [-0.1, -0.05) is 37.0 Å². The Hall–Kier alpha value is -1.58. The van der Waals surface area contributed by atoms with Crippen molar-refractivity contribution in [2.75, 3.05) is 0 Å². The molecule has 22 heavy (non-hydrogen) atoms. The van der Waals surface area contributed by atoms with Crippen molar-refractivity contribution >= 4 is 34.8 Å². The van der Waals surface area contributed by atoms with E-state index in [0.29, 0.717) is 21.6 Å². The number of ether oxygens (including phenoxy) is 1. The standard InChI is InChI=1S/C17H18Cl2N2O/c1-3-14(4-2)22-17(12-6-5-9-20-11-12)21-16-8-7-13(18)10-15(16)19/h5-11,14H,3-4H2,1-2H3. The number of nitrogens with zero attached hydrogens (tertiary/aromatic N) is 2. The molecular weight excluding hydrogens is 319 g/mol. The molecule has 0 aliphatic heterocycles. The maximum absolute atomic E-state index is 6.20. The summed E-state index contributed by atoms with van der Waals surface area (Å²) in [5.74, 6) is 0.519. The van der Waals surface area contributed by atoms with E-state index in [0.717, 1.165) is 18.4 Å². The number of hydrogen-bond acceptors (Lipinski definition) is 3. The lowest BCUT2D eigenvalue weighted by atomic mass is 10.2. The van der Waals surface area contributed by atoms with Gasteiger partial charge in [-0.05, 0) is 43.2 Å². The Balaban J connectivity index is 2.41. The molecule has 5 heteroatoms. The third-order valence-corrected chi connectivity index (χ3v) is 3.77. The largest absolute Gasteiger partial charge is 0.474 e. The second kappa shape index (κ2) is 8.16. The van der Waals surface area contributed by atoms with Crippen LogP contribution in [0.25, 0.3) is 0 Å². The van der Waals surface area contributed by atoms with Gasteiger partial charge in [-0.2, -0.15) is 0 Å².